The maximum Gasteiger partial charge on any atom is 0.257 e. The SMILES string of the molecule is COc1c(N)cc(Cl)cc1C(=O)N(C)C. The van der Waals surface area contributed by atoms with Gasteiger partial charge in [0.2, 0.25) is 0 Å². The van der Waals surface area contributed by atoms with E-state index in [1.165, 1.54) is 12.0 Å². The highest BCUT2D eigenvalue weighted by Crippen LogP contribution is 2.30. The van der Waals surface area contributed by atoms with Crippen molar-refractivity contribution in [2.24, 2.45) is 0 Å². The fourth-order valence-corrected chi connectivity index (χ4v) is 1.47. The number of nitrogens with zero attached hydrogens (tertiary/aromatic N) is 1. The van der Waals surface area contributed by atoms with Gasteiger partial charge in [0.25, 0.3) is 5.91 Å². The van der Waals surface area contributed by atoms with Gasteiger partial charge in [-0.3, -0.25) is 4.79 Å². The first-order valence-corrected chi connectivity index (χ1v) is 4.69. The van der Waals surface area contributed by atoms with Gasteiger partial charge in [0.05, 0.1) is 18.4 Å². The molecule has 1 aromatic rings. The lowest BCUT2D eigenvalue weighted by Crippen LogP contribution is -2.22. The van der Waals surface area contributed by atoms with E-state index in [4.69, 9.17) is 22.1 Å². The zero-order valence-corrected chi connectivity index (χ0v) is 9.63. The van der Waals surface area contributed by atoms with Gasteiger partial charge in [-0.25, -0.2) is 0 Å². The Bertz CT molecular complexity index is 391. The van der Waals surface area contributed by atoms with Crippen LogP contribution < -0.4 is 10.5 Å². The number of carbonyl (C=O) groups is 1. The van der Waals surface area contributed by atoms with E-state index in [1.54, 1.807) is 26.2 Å². The Morgan fingerprint density at radius 2 is 2.07 bits per heavy atom. The normalized spacial score (nSPS) is 9.87. The molecule has 0 bridgehead atoms. The maximum atomic E-state index is 11.8. The van der Waals surface area contributed by atoms with Crippen molar-refractivity contribution in [2.45, 2.75) is 0 Å². The van der Waals surface area contributed by atoms with Crippen molar-refractivity contribution in [3.05, 3.63) is 22.7 Å². The van der Waals surface area contributed by atoms with E-state index >= 15 is 0 Å². The maximum absolute atomic E-state index is 11.8. The number of nitrogen functional groups attached to an aromatic ring is 1. The minimum absolute atomic E-state index is 0.193. The summed E-state index contributed by atoms with van der Waals surface area (Å²) in [5.41, 5.74) is 6.42. The average molecular weight is 229 g/mol. The first kappa shape index (κ1) is 11.7. The van der Waals surface area contributed by atoms with Crippen LogP contribution >= 0.6 is 11.6 Å². The number of methoxy groups -OCH3 is 1. The van der Waals surface area contributed by atoms with Crippen LogP contribution in [-0.4, -0.2) is 32.0 Å². The fourth-order valence-electron chi connectivity index (χ4n) is 1.24. The summed E-state index contributed by atoms with van der Waals surface area (Å²) in [6.45, 7) is 0. The molecule has 0 aliphatic carbocycles. The molecule has 0 radical (unpaired) electrons. The van der Waals surface area contributed by atoms with Crippen LogP contribution in [0.5, 0.6) is 5.75 Å². The quantitative estimate of drug-likeness (QED) is 0.783. The molecule has 0 fully saturated rings. The van der Waals surface area contributed by atoms with Crippen LogP contribution in [-0.2, 0) is 0 Å². The Morgan fingerprint density at radius 1 is 1.47 bits per heavy atom. The second-order valence-electron chi connectivity index (χ2n) is 3.28. The molecule has 15 heavy (non-hydrogen) atoms. The number of benzene rings is 1. The number of nitrogens with two attached hydrogens (primary N) is 1. The van der Waals surface area contributed by atoms with Gasteiger partial charge in [0.15, 0.2) is 5.75 Å². The highest BCUT2D eigenvalue weighted by Gasteiger charge is 2.17. The molecule has 0 saturated heterocycles. The zero-order chi connectivity index (χ0) is 11.6. The predicted octanol–water partition coefficient (Wildman–Crippen LogP) is 1.63. The fraction of sp³-hybridized carbons (Fsp3) is 0.300. The second-order valence-corrected chi connectivity index (χ2v) is 3.71. The Hall–Kier alpha value is -1.42. The zero-order valence-electron chi connectivity index (χ0n) is 8.87. The summed E-state index contributed by atoms with van der Waals surface area (Å²) in [6.07, 6.45) is 0. The van der Waals surface area contributed by atoms with Crippen LogP contribution in [0.2, 0.25) is 5.02 Å². The molecule has 0 aromatic heterocycles. The van der Waals surface area contributed by atoms with E-state index in [-0.39, 0.29) is 5.91 Å². The smallest absolute Gasteiger partial charge is 0.257 e. The van der Waals surface area contributed by atoms with Crippen molar-refractivity contribution in [2.75, 3.05) is 26.9 Å². The van der Waals surface area contributed by atoms with Crippen LogP contribution in [0.4, 0.5) is 5.69 Å². The molecule has 0 unspecified atom stereocenters. The van der Waals surface area contributed by atoms with Gasteiger partial charge in [-0.05, 0) is 12.1 Å². The lowest BCUT2D eigenvalue weighted by molar-refractivity contribution is 0.0824. The lowest BCUT2D eigenvalue weighted by Gasteiger charge is -2.15. The molecular weight excluding hydrogens is 216 g/mol. The van der Waals surface area contributed by atoms with Gasteiger partial charge in [0, 0.05) is 19.1 Å². The van der Waals surface area contributed by atoms with Crippen LogP contribution in [0.25, 0.3) is 0 Å². The standard InChI is InChI=1S/C10H13ClN2O2/c1-13(2)10(14)7-4-6(11)5-8(12)9(7)15-3/h4-5H,12H2,1-3H3. The number of rotatable bonds is 2. The number of anilines is 1. The van der Waals surface area contributed by atoms with Gasteiger partial charge in [0.1, 0.15) is 0 Å². The molecular formula is C10H13ClN2O2. The molecule has 0 saturated carbocycles. The summed E-state index contributed by atoms with van der Waals surface area (Å²) in [4.78, 5) is 13.2. The third kappa shape index (κ3) is 2.33. The topological polar surface area (TPSA) is 55.6 Å². The minimum Gasteiger partial charge on any atom is -0.494 e. The number of hydrogen-bond acceptors (Lipinski definition) is 3. The Balaban J connectivity index is 3.32. The van der Waals surface area contributed by atoms with Gasteiger partial charge >= 0.3 is 0 Å². The molecule has 82 valence electrons. The molecule has 0 heterocycles. The van der Waals surface area contributed by atoms with Crippen molar-refractivity contribution in [1.29, 1.82) is 0 Å². The lowest BCUT2D eigenvalue weighted by atomic mass is 10.1. The largest absolute Gasteiger partial charge is 0.494 e. The van der Waals surface area contributed by atoms with Crippen molar-refractivity contribution in [3.63, 3.8) is 0 Å². The van der Waals surface area contributed by atoms with Crippen molar-refractivity contribution in [3.8, 4) is 5.75 Å². The first-order chi connectivity index (χ1) is 6.97. The monoisotopic (exact) mass is 228 g/mol. The van der Waals surface area contributed by atoms with Gasteiger partial charge in [-0.1, -0.05) is 11.6 Å². The van der Waals surface area contributed by atoms with Crippen molar-refractivity contribution >= 4 is 23.2 Å². The van der Waals surface area contributed by atoms with E-state index in [2.05, 4.69) is 0 Å². The van der Waals surface area contributed by atoms with E-state index in [0.717, 1.165) is 0 Å². The number of carbonyl (C=O) groups excluding carboxylic acids is 1. The first-order valence-electron chi connectivity index (χ1n) is 4.32. The summed E-state index contributed by atoms with van der Waals surface area (Å²) >= 11 is 5.82. The third-order valence-electron chi connectivity index (χ3n) is 1.92. The molecule has 0 atom stereocenters. The summed E-state index contributed by atoms with van der Waals surface area (Å²) in [7, 11) is 4.77. The molecule has 2 N–H and O–H groups in total. The van der Waals surface area contributed by atoms with Crippen molar-refractivity contribution in [1.82, 2.24) is 4.90 Å². The minimum atomic E-state index is -0.193. The highest BCUT2D eigenvalue weighted by atomic mass is 35.5. The molecule has 0 aliphatic rings. The molecule has 1 aromatic carbocycles. The summed E-state index contributed by atoms with van der Waals surface area (Å²) in [6, 6.07) is 3.09. The highest BCUT2D eigenvalue weighted by molar-refractivity contribution is 6.31. The molecule has 1 rings (SSSR count). The average Bonchev–Trinajstić information content (AvgIpc) is 2.15. The van der Waals surface area contributed by atoms with Gasteiger partial charge in [-0.15, -0.1) is 0 Å². The van der Waals surface area contributed by atoms with E-state index in [0.29, 0.717) is 22.0 Å². The van der Waals surface area contributed by atoms with Gasteiger partial charge in [-0.2, -0.15) is 0 Å². The summed E-state index contributed by atoms with van der Waals surface area (Å²) in [5.74, 6) is 0.166. The second kappa shape index (κ2) is 4.40. The van der Waals surface area contributed by atoms with Crippen LogP contribution in [0, 0.1) is 0 Å². The summed E-state index contributed by atoms with van der Waals surface area (Å²) in [5, 5.41) is 0.415. The van der Waals surface area contributed by atoms with Crippen LogP contribution in [0.15, 0.2) is 12.1 Å². The Kier molecular flexibility index (Phi) is 3.42. The molecule has 4 nitrogen and oxygen atoms in total. The number of ether oxygens (including phenoxy) is 1. The van der Waals surface area contributed by atoms with Crippen molar-refractivity contribution < 1.29 is 9.53 Å². The molecule has 1 amide bonds. The Labute approximate surface area is 93.6 Å². The number of amides is 1. The molecule has 0 spiro atoms. The molecule has 5 heteroatoms. The Morgan fingerprint density at radius 3 is 2.53 bits per heavy atom. The number of hydrogen-bond donors (Lipinski definition) is 1. The van der Waals surface area contributed by atoms with E-state index in [1.807, 2.05) is 0 Å². The summed E-state index contributed by atoms with van der Waals surface area (Å²) < 4.78 is 5.07. The number of halogens is 1. The predicted molar refractivity (Wildman–Crippen MR) is 60.4 cm³/mol. The van der Waals surface area contributed by atoms with E-state index in [9.17, 15) is 4.79 Å². The van der Waals surface area contributed by atoms with Crippen LogP contribution in [0.1, 0.15) is 10.4 Å². The third-order valence-corrected chi connectivity index (χ3v) is 2.14. The molecule has 0 aliphatic heterocycles. The van der Waals surface area contributed by atoms with Crippen LogP contribution in [0.3, 0.4) is 0 Å². The van der Waals surface area contributed by atoms with Gasteiger partial charge < -0.3 is 15.4 Å². The van der Waals surface area contributed by atoms with E-state index < -0.39 is 0 Å².